The monoisotopic (exact) mass is 277 g/mol. The molecule has 0 saturated carbocycles. The van der Waals surface area contributed by atoms with E-state index in [-0.39, 0.29) is 12.1 Å². The third-order valence-electron chi connectivity index (χ3n) is 3.64. The average molecular weight is 277 g/mol. The Morgan fingerprint density at radius 1 is 1.22 bits per heavy atom. The number of hydrogen-bond donors (Lipinski definition) is 1. The van der Waals surface area contributed by atoms with Gasteiger partial charge in [0.2, 0.25) is 0 Å². The van der Waals surface area contributed by atoms with E-state index in [1.54, 1.807) is 0 Å². The van der Waals surface area contributed by atoms with Crippen molar-refractivity contribution in [3.63, 3.8) is 0 Å². The van der Waals surface area contributed by atoms with Crippen LogP contribution >= 0.6 is 0 Å². The van der Waals surface area contributed by atoms with E-state index in [4.69, 9.17) is 4.74 Å². The van der Waals surface area contributed by atoms with E-state index < -0.39 is 10.2 Å². The first-order valence-corrected chi connectivity index (χ1v) is 7.90. The van der Waals surface area contributed by atoms with Gasteiger partial charge in [0.15, 0.2) is 0 Å². The van der Waals surface area contributed by atoms with Crippen LogP contribution in [0.15, 0.2) is 0 Å². The first-order valence-electron chi connectivity index (χ1n) is 6.46. The largest absolute Gasteiger partial charge is 0.376 e. The number of nitrogens with one attached hydrogen (secondary N) is 1. The zero-order chi connectivity index (χ0) is 13.3. The fourth-order valence-corrected chi connectivity index (χ4v) is 4.19. The Labute approximate surface area is 109 Å². The molecule has 7 heteroatoms. The van der Waals surface area contributed by atoms with E-state index in [9.17, 15) is 8.42 Å². The highest BCUT2D eigenvalue weighted by Gasteiger charge is 2.34. The van der Waals surface area contributed by atoms with Crippen LogP contribution in [0.4, 0.5) is 0 Å². The molecule has 2 fully saturated rings. The van der Waals surface area contributed by atoms with E-state index in [0.717, 1.165) is 13.1 Å². The molecule has 0 spiro atoms. The molecule has 0 bridgehead atoms. The molecule has 0 aliphatic carbocycles. The molecule has 2 saturated heterocycles. The number of rotatable bonds is 3. The molecule has 3 atom stereocenters. The highest BCUT2D eigenvalue weighted by Crippen LogP contribution is 2.17. The van der Waals surface area contributed by atoms with Gasteiger partial charge in [0.05, 0.1) is 12.7 Å². The summed E-state index contributed by atoms with van der Waals surface area (Å²) in [5, 5.41) is 0. The van der Waals surface area contributed by atoms with E-state index >= 15 is 0 Å². The summed E-state index contributed by atoms with van der Waals surface area (Å²) < 4.78 is 34.2. The maximum absolute atomic E-state index is 12.3. The highest BCUT2D eigenvalue weighted by molar-refractivity contribution is 7.87. The van der Waals surface area contributed by atoms with Crippen LogP contribution in [0.5, 0.6) is 0 Å². The van der Waals surface area contributed by atoms with Gasteiger partial charge in [-0.2, -0.15) is 17.4 Å². The molecule has 0 radical (unpaired) electrons. The third kappa shape index (κ3) is 3.21. The van der Waals surface area contributed by atoms with E-state index in [0.29, 0.717) is 25.6 Å². The van der Waals surface area contributed by atoms with Crippen molar-refractivity contribution in [1.29, 1.82) is 0 Å². The Morgan fingerprint density at radius 2 is 1.94 bits per heavy atom. The zero-order valence-electron chi connectivity index (χ0n) is 11.3. The van der Waals surface area contributed by atoms with Crippen LogP contribution < -0.4 is 4.72 Å². The molecule has 3 unspecified atom stereocenters. The van der Waals surface area contributed by atoms with Gasteiger partial charge in [0.1, 0.15) is 0 Å². The van der Waals surface area contributed by atoms with Crippen LogP contribution in [-0.2, 0) is 14.9 Å². The Balaban J connectivity index is 1.98. The van der Waals surface area contributed by atoms with Crippen LogP contribution in [0.25, 0.3) is 0 Å². The fraction of sp³-hybridized carbons (Fsp3) is 1.00. The van der Waals surface area contributed by atoms with Crippen molar-refractivity contribution < 1.29 is 13.2 Å². The fourth-order valence-electron chi connectivity index (χ4n) is 2.63. The van der Waals surface area contributed by atoms with E-state index in [1.807, 2.05) is 14.0 Å². The van der Waals surface area contributed by atoms with Crippen molar-refractivity contribution in [1.82, 2.24) is 13.9 Å². The van der Waals surface area contributed by atoms with Gasteiger partial charge in [-0.05, 0) is 19.9 Å². The van der Waals surface area contributed by atoms with Gasteiger partial charge in [0, 0.05) is 32.2 Å². The molecule has 0 amide bonds. The highest BCUT2D eigenvalue weighted by atomic mass is 32.2. The predicted octanol–water partition coefficient (Wildman–Crippen LogP) is -0.508. The van der Waals surface area contributed by atoms with Gasteiger partial charge in [0.25, 0.3) is 10.2 Å². The SMILES string of the molecule is CC1CN(S(=O)(=O)NC2CN(C)CC2C)CCO1. The summed E-state index contributed by atoms with van der Waals surface area (Å²) in [5.74, 6) is 0.350. The van der Waals surface area contributed by atoms with Crippen molar-refractivity contribution in [3.8, 4) is 0 Å². The number of nitrogens with zero attached hydrogens (tertiary/aromatic N) is 2. The van der Waals surface area contributed by atoms with Crippen molar-refractivity contribution in [2.24, 2.45) is 5.92 Å². The smallest absolute Gasteiger partial charge is 0.279 e. The molecular formula is C11H23N3O3S. The van der Waals surface area contributed by atoms with Crippen molar-refractivity contribution >= 4 is 10.2 Å². The molecular weight excluding hydrogens is 254 g/mol. The van der Waals surface area contributed by atoms with Gasteiger partial charge < -0.3 is 9.64 Å². The lowest BCUT2D eigenvalue weighted by molar-refractivity contribution is 0.00963. The van der Waals surface area contributed by atoms with Gasteiger partial charge in [-0.1, -0.05) is 6.92 Å². The van der Waals surface area contributed by atoms with Crippen molar-refractivity contribution in [3.05, 3.63) is 0 Å². The second-order valence-electron chi connectivity index (χ2n) is 5.47. The summed E-state index contributed by atoms with van der Waals surface area (Å²) in [6, 6.07) is 0.0122. The van der Waals surface area contributed by atoms with Crippen LogP contribution in [0, 0.1) is 5.92 Å². The summed E-state index contributed by atoms with van der Waals surface area (Å²) in [5.41, 5.74) is 0. The molecule has 106 valence electrons. The summed E-state index contributed by atoms with van der Waals surface area (Å²) >= 11 is 0. The van der Waals surface area contributed by atoms with Gasteiger partial charge in [-0.3, -0.25) is 0 Å². The molecule has 2 heterocycles. The zero-order valence-corrected chi connectivity index (χ0v) is 12.1. The molecule has 2 aliphatic heterocycles. The van der Waals surface area contributed by atoms with Gasteiger partial charge >= 0.3 is 0 Å². The number of likely N-dealkylation sites (N-methyl/N-ethyl adjacent to an activating group) is 1. The molecule has 0 aromatic rings. The lowest BCUT2D eigenvalue weighted by Crippen LogP contribution is -2.52. The second-order valence-corrected chi connectivity index (χ2v) is 7.17. The quantitative estimate of drug-likeness (QED) is 0.755. The average Bonchev–Trinajstić information content (AvgIpc) is 2.56. The number of ether oxygens (including phenoxy) is 1. The predicted molar refractivity (Wildman–Crippen MR) is 69.5 cm³/mol. The van der Waals surface area contributed by atoms with Gasteiger partial charge in [-0.15, -0.1) is 0 Å². The van der Waals surface area contributed by atoms with Crippen LogP contribution in [0.3, 0.4) is 0 Å². The summed E-state index contributed by atoms with van der Waals surface area (Å²) in [4.78, 5) is 2.15. The molecule has 0 aromatic carbocycles. The number of hydrogen-bond acceptors (Lipinski definition) is 4. The van der Waals surface area contributed by atoms with Gasteiger partial charge in [-0.25, -0.2) is 0 Å². The Hall–Kier alpha value is -0.210. The molecule has 2 rings (SSSR count). The minimum atomic E-state index is -3.38. The lowest BCUT2D eigenvalue weighted by atomic mass is 10.1. The van der Waals surface area contributed by atoms with Crippen molar-refractivity contribution in [2.75, 3.05) is 39.8 Å². The molecule has 18 heavy (non-hydrogen) atoms. The molecule has 0 aromatic heterocycles. The van der Waals surface area contributed by atoms with E-state index in [1.165, 1.54) is 4.31 Å². The second kappa shape index (κ2) is 5.42. The Bertz CT molecular complexity index is 387. The summed E-state index contributed by atoms with van der Waals surface area (Å²) in [7, 11) is -1.36. The molecule has 6 nitrogen and oxygen atoms in total. The minimum Gasteiger partial charge on any atom is -0.376 e. The minimum absolute atomic E-state index is 0.0122. The lowest BCUT2D eigenvalue weighted by Gasteiger charge is -2.31. The van der Waals surface area contributed by atoms with Crippen LogP contribution in [0.2, 0.25) is 0 Å². The Morgan fingerprint density at radius 3 is 2.50 bits per heavy atom. The standard InChI is InChI=1S/C11H23N3O3S/c1-9-6-13(3)8-11(9)12-18(15,16)14-4-5-17-10(2)7-14/h9-12H,4-8H2,1-3H3. The normalized spacial score (nSPS) is 36.1. The molecule has 1 N–H and O–H groups in total. The van der Waals surface area contributed by atoms with E-state index in [2.05, 4.69) is 16.5 Å². The summed E-state index contributed by atoms with van der Waals surface area (Å²) in [6.07, 6.45) is -0.0287. The maximum Gasteiger partial charge on any atom is 0.279 e. The number of morpholine rings is 1. The number of likely N-dealkylation sites (tertiary alicyclic amines) is 1. The summed E-state index contributed by atoms with van der Waals surface area (Å²) in [6.45, 7) is 7.05. The van der Waals surface area contributed by atoms with Crippen LogP contribution in [-0.4, -0.2) is 69.6 Å². The molecule has 2 aliphatic rings. The first kappa shape index (κ1) is 14.2. The first-order chi connectivity index (χ1) is 8.38. The Kier molecular flexibility index (Phi) is 4.28. The van der Waals surface area contributed by atoms with Crippen LogP contribution in [0.1, 0.15) is 13.8 Å². The topological polar surface area (TPSA) is 61.9 Å². The van der Waals surface area contributed by atoms with Crippen molar-refractivity contribution in [2.45, 2.75) is 26.0 Å². The third-order valence-corrected chi connectivity index (χ3v) is 5.25. The maximum atomic E-state index is 12.3.